The van der Waals surface area contributed by atoms with E-state index < -0.39 is 5.41 Å². The fraction of sp³-hybridized carbons (Fsp3) is 0.167. The Morgan fingerprint density at radius 1 is 1.05 bits per heavy atom. The molecule has 0 saturated carbocycles. The van der Waals surface area contributed by atoms with Crippen LogP contribution < -0.4 is 0 Å². The minimum Gasteiger partial charge on any atom is -0.482 e. The van der Waals surface area contributed by atoms with Crippen molar-refractivity contribution >= 4 is 17.3 Å². The highest BCUT2D eigenvalue weighted by molar-refractivity contribution is 7.80. The highest BCUT2D eigenvalue weighted by Crippen LogP contribution is 2.34. The summed E-state index contributed by atoms with van der Waals surface area (Å²) in [4.78, 5) is 0. The van der Waals surface area contributed by atoms with Gasteiger partial charge in [0, 0.05) is 0 Å². The first-order valence-corrected chi connectivity index (χ1v) is 6.99. The third-order valence-electron chi connectivity index (χ3n) is 3.44. The molecule has 0 bridgehead atoms. The highest BCUT2D eigenvalue weighted by Gasteiger charge is 2.34. The Kier molecular flexibility index (Phi) is 4.70. The molecule has 1 nitrogen and oxygen atoms in total. The van der Waals surface area contributed by atoms with E-state index in [-0.39, 0.29) is 0 Å². The lowest BCUT2D eigenvalue weighted by Gasteiger charge is -2.31. The molecule has 0 aliphatic carbocycles. The summed E-state index contributed by atoms with van der Waals surface area (Å²) in [6.07, 6.45) is 1.71. The number of ether oxygens (including phenoxy) is 1. The predicted octanol–water partition coefficient (Wildman–Crippen LogP) is 4.52. The molecular weight excluding hydrogens is 264 g/mol. The lowest BCUT2D eigenvalue weighted by Crippen LogP contribution is -2.34. The number of thiocarbonyl (C=S) groups is 1. The molecule has 0 aliphatic rings. The Balaban J connectivity index is 2.49. The van der Waals surface area contributed by atoms with Gasteiger partial charge in [0.1, 0.15) is 6.61 Å². The number of benzene rings is 2. The molecule has 0 aromatic heterocycles. The van der Waals surface area contributed by atoms with Crippen LogP contribution in [0, 0.1) is 0 Å². The van der Waals surface area contributed by atoms with Gasteiger partial charge in [-0.05, 0) is 30.3 Å². The van der Waals surface area contributed by atoms with Crippen LogP contribution in [0.25, 0.3) is 0 Å². The van der Waals surface area contributed by atoms with Crippen molar-refractivity contribution in [3.8, 4) is 0 Å². The molecule has 0 amide bonds. The van der Waals surface area contributed by atoms with Crippen molar-refractivity contribution in [3.05, 3.63) is 84.4 Å². The van der Waals surface area contributed by atoms with Crippen molar-refractivity contribution < 1.29 is 4.74 Å². The van der Waals surface area contributed by atoms with Crippen molar-refractivity contribution in [3.63, 3.8) is 0 Å². The van der Waals surface area contributed by atoms with E-state index in [9.17, 15) is 0 Å². The molecule has 0 unspecified atom stereocenters. The molecule has 2 aromatic carbocycles. The molecule has 0 radical (unpaired) electrons. The average Bonchev–Trinajstić information content (AvgIpc) is 2.53. The lowest BCUT2D eigenvalue weighted by atomic mass is 9.77. The summed E-state index contributed by atoms with van der Waals surface area (Å²) >= 11 is 5.55. The molecule has 2 aromatic rings. The third kappa shape index (κ3) is 2.81. The minimum atomic E-state index is -0.444. The van der Waals surface area contributed by atoms with Crippen LogP contribution in [-0.2, 0) is 10.2 Å². The van der Waals surface area contributed by atoms with Gasteiger partial charge in [0.05, 0.1) is 5.41 Å². The fourth-order valence-electron chi connectivity index (χ4n) is 2.22. The minimum absolute atomic E-state index is 0.425. The van der Waals surface area contributed by atoms with Crippen LogP contribution in [0.3, 0.4) is 0 Å². The van der Waals surface area contributed by atoms with E-state index in [1.807, 2.05) is 36.4 Å². The quantitative estimate of drug-likeness (QED) is 0.589. The SMILES string of the molecule is C=CCOC(=S)C(C)(c1ccccc1)c1ccccc1. The van der Waals surface area contributed by atoms with Crippen molar-refractivity contribution in [2.45, 2.75) is 12.3 Å². The largest absolute Gasteiger partial charge is 0.482 e. The molecule has 2 heteroatoms. The Labute approximate surface area is 125 Å². The van der Waals surface area contributed by atoms with Gasteiger partial charge < -0.3 is 4.74 Å². The van der Waals surface area contributed by atoms with Crippen molar-refractivity contribution in [2.24, 2.45) is 0 Å². The normalized spacial score (nSPS) is 10.8. The predicted molar refractivity (Wildman–Crippen MR) is 88.1 cm³/mol. The maximum atomic E-state index is 5.68. The average molecular weight is 282 g/mol. The van der Waals surface area contributed by atoms with Gasteiger partial charge in [-0.25, -0.2) is 0 Å². The second kappa shape index (κ2) is 6.49. The van der Waals surface area contributed by atoms with Gasteiger partial charge in [0.2, 0.25) is 0 Å². The summed E-state index contributed by atoms with van der Waals surface area (Å²) in [5.41, 5.74) is 1.81. The standard InChI is InChI=1S/C18H18OS/c1-3-14-19-17(20)18(2,15-10-6-4-7-11-15)16-12-8-5-9-13-16/h3-13H,1,14H2,2H3. The number of hydrogen-bond acceptors (Lipinski definition) is 2. The molecule has 102 valence electrons. The van der Waals surface area contributed by atoms with Gasteiger partial charge in [0.15, 0.2) is 5.05 Å². The summed E-state index contributed by atoms with van der Waals surface area (Å²) in [5, 5.41) is 0.565. The number of rotatable bonds is 5. The van der Waals surface area contributed by atoms with Crippen LogP contribution in [0.15, 0.2) is 73.3 Å². The highest BCUT2D eigenvalue weighted by atomic mass is 32.1. The topological polar surface area (TPSA) is 9.23 Å². The van der Waals surface area contributed by atoms with Gasteiger partial charge in [-0.1, -0.05) is 73.3 Å². The first-order chi connectivity index (χ1) is 9.69. The summed E-state index contributed by atoms with van der Waals surface area (Å²) in [6.45, 7) is 6.20. The molecule has 0 N–H and O–H groups in total. The zero-order chi connectivity index (χ0) is 14.4. The van der Waals surface area contributed by atoms with Crippen LogP contribution >= 0.6 is 12.2 Å². The maximum Gasteiger partial charge on any atom is 0.174 e. The van der Waals surface area contributed by atoms with Crippen molar-refractivity contribution in [1.82, 2.24) is 0 Å². The van der Waals surface area contributed by atoms with Crippen LogP contribution in [-0.4, -0.2) is 11.7 Å². The van der Waals surface area contributed by atoms with E-state index in [1.54, 1.807) is 6.08 Å². The third-order valence-corrected chi connectivity index (χ3v) is 3.97. The zero-order valence-corrected chi connectivity index (χ0v) is 12.4. The van der Waals surface area contributed by atoms with Gasteiger partial charge >= 0.3 is 0 Å². The first kappa shape index (κ1) is 14.5. The second-order valence-corrected chi connectivity index (χ2v) is 5.11. The summed E-state index contributed by atoms with van der Waals surface area (Å²) < 4.78 is 5.68. The Morgan fingerprint density at radius 2 is 1.50 bits per heavy atom. The molecule has 20 heavy (non-hydrogen) atoms. The smallest absolute Gasteiger partial charge is 0.174 e. The number of hydrogen-bond donors (Lipinski definition) is 0. The van der Waals surface area contributed by atoms with E-state index in [0.29, 0.717) is 11.7 Å². The van der Waals surface area contributed by atoms with Crippen molar-refractivity contribution in [2.75, 3.05) is 6.61 Å². The van der Waals surface area contributed by atoms with E-state index in [0.717, 1.165) is 11.1 Å². The van der Waals surface area contributed by atoms with Crippen molar-refractivity contribution in [1.29, 1.82) is 0 Å². The molecule has 0 saturated heterocycles. The molecule has 0 spiro atoms. The lowest BCUT2D eigenvalue weighted by molar-refractivity contribution is 0.333. The van der Waals surface area contributed by atoms with Gasteiger partial charge in [-0.2, -0.15) is 0 Å². The van der Waals surface area contributed by atoms with Gasteiger partial charge in [-0.3, -0.25) is 0 Å². The van der Waals surface area contributed by atoms with Crippen LogP contribution in [0.2, 0.25) is 0 Å². The van der Waals surface area contributed by atoms with Crippen LogP contribution in [0.1, 0.15) is 18.1 Å². The molecule has 0 atom stereocenters. The Bertz CT molecular complexity index is 535. The monoisotopic (exact) mass is 282 g/mol. The molecular formula is C18H18OS. The summed E-state index contributed by atoms with van der Waals surface area (Å²) in [5.74, 6) is 0. The molecule has 0 heterocycles. The first-order valence-electron chi connectivity index (χ1n) is 6.58. The van der Waals surface area contributed by atoms with Gasteiger partial charge in [0.25, 0.3) is 0 Å². The van der Waals surface area contributed by atoms with E-state index in [2.05, 4.69) is 37.8 Å². The molecule has 0 fully saturated rings. The van der Waals surface area contributed by atoms with Gasteiger partial charge in [-0.15, -0.1) is 0 Å². The Morgan fingerprint density at radius 3 is 1.90 bits per heavy atom. The maximum absolute atomic E-state index is 5.68. The van der Waals surface area contributed by atoms with E-state index >= 15 is 0 Å². The van der Waals surface area contributed by atoms with E-state index in [4.69, 9.17) is 17.0 Å². The summed E-state index contributed by atoms with van der Waals surface area (Å²) in [6, 6.07) is 20.4. The Hall–Kier alpha value is -1.93. The summed E-state index contributed by atoms with van der Waals surface area (Å²) in [7, 11) is 0. The second-order valence-electron chi connectivity index (χ2n) is 4.74. The fourth-order valence-corrected chi connectivity index (χ4v) is 2.53. The van der Waals surface area contributed by atoms with Crippen LogP contribution in [0.5, 0.6) is 0 Å². The zero-order valence-electron chi connectivity index (χ0n) is 11.6. The van der Waals surface area contributed by atoms with E-state index in [1.165, 1.54) is 0 Å². The molecule has 0 aliphatic heterocycles. The molecule has 2 rings (SSSR count). The van der Waals surface area contributed by atoms with Crippen LogP contribution in [0.4, 0.5) is 0 Å².